The van der Waals surface area contributed by atoms with Crippen LogP contribution in [0.15, 0.2) is 36.4 Å². The van der Waals surface area contributed by atoms with Gasteiger partial charge in [0.25, 0.3) is 5.69 Å². The molecule has 0 amide bonds. The average Bonchev–Trinajstić information content (AvgIpc) is 2.46. The molecule has 6 heteroatoms. The fourth-order valence-corrected chi connectivity index (χ4v) is 2.29. The minimum absolute atomic E-state index is 0.0888. The maximum atomic E-state index is 11.0. The molecule has 0 saturated heterocycles. The predicted molar refractivity (Wildman–Crippen MR) is 82.9 cm³/mol. The Kier molecular flexibility index (Phi) is 4.65. The van der Waals surface area contributed by atoms with Gasteiger partial charge in [-0.3, -0.25) is 10.1 Å². The normalized spacial score (nSPS) is 10.4. The van der Waals surface area contributed by atoms with E-state index >= 15 is 0 Å². The van der Waals surface area contributed by atoms with Crippen LogP contribution in [0.2, 0.25) is 5.02 Å². The fourth-order valence-electron chi connectivity index (χ4n) is 2.06. The van der Waals surface area contributed by atoms with Gasteiger partial charge >= 0.3 is 0 Å². The molecule has 0 atom stereocenters. The van der Waals surface area contributed by atoms with E-state index in [-0.39, 0.29) is 18.0 Å². The van der Waals surface area contributed by atoms with Gasteiger partial charge in [-0.25, -0.2) is 0 Å². The molecule has 5 nitrogen and oxygen atoms in total. The molecule has 2 rings (SSSR count). The van der Waals surface area contributed by atoms with E-state index in [1.807, 2.05) is 6.92 Å². The smallest absolute Gasteiger partial charge is 0.274 e. The zero-order chi connectivity index (χ0) is 15.4. The molecular formula is C15H15ClN2O3. The number of hydrogen-bond donors (Lipinski definition) is 2. The lowest BCUT2D eigenvalue weighted by atomic mass is 10.1. The van der Waals surface area contributed by atoms with Gasteiger partial charge in [-0.2, -0.15) is 0 Å². The second-order valence-corrected chi connectivity index (χ2v) is 4.95. The first-order chi connectivity index (χ1) is 10.0. The molecule has 2 aromatic carbocycles. The third kappa shape index (κ3) is 3.44. The number of aryl methyl sites for hydroxylation is 1. The zero-order valence-corrected chi connectivity index (χ0v) is 12.2. The number of aromatic hydroxyl groups is 1. The Hall–Kier alpha value is -2.27. The van der Waals surface area contributed by atoms with Crippen LogP contribution in [-0.4, -0.2) is 10.0 Å². The summed E-state index contributed by atoms with van der Waals surface area (Å²) in [6.07, 6.45) is 0.599. The molecule has 0 aliphatic rings. The summed E-state index contributed by atoms with van der Waals surface area (Å²) in [5.74, 6) is 0.0923. The minimum atomic E-state index is -0.392. The SMILES string of the molecule is CCc1ccc(NCc2c(O)cccc2Cl)cc1[N+](=O)[O-]. The largest absolute Gasteiger partial charge is 0.508 e. The average molecular weight is 307 g/mol. The second-order valence-electron chi connectivity index (χ2n) is 4.55. The van der Waals surface area contributed by atoms with Crippen molar-refractivity contribution in [3.8, 4) is 5.75 Å². The number of hydrogen-bond acceptors (Lipinski definition) is 4. The molecule has 0 radical (unpaired) electrons. The van der Waals surface area contributed by atoms with Crippen molar-refractivity contribution >= 4 is 23.0 Å². The molecule has 0 bridgehead atoms. The molecule has 0 unspecified atom stereocenters. The number of nitro benzene ring substituents is 1. The molecule has 0 fully saturated rings. The van der Waals surface area contributed by atoms with Crippen LogP contribution in [0.3, 0.4) is 0 Å². The van der Waals surface area contributed by atoms with Gasteiger partial charge < -0.3 is 10.4 Å². The lowest BCUT2D eigenvalue weighted by Gasteiger charge is -2.10. The lowest BCUT2D eigenvalue weighted by molar-refractivity contribution is -0.385. The van der Waals surface area contributed by atoms with Gasteiger partial charge in [-0.1, -0.05) is 30.7 Å². The molecule has 0 heterocycles. The summed E-state index contributed by atoms with van der Waals surface area (Å²) in [7, 11) is 0. The summed E-state index contributed by atoms with van der Waals surface area (Å²) in [5, 5.41) is 24.3. The van der Waals surface area contributed by atoms with E-state index in [9.17, 15) is 15.2 Å². The van der Waals surface area contributed by atoms with Crippen LogP contribution in [0.1, 0.15) is 18.1 Å². The van der Waals surface area contributed by atoms with Crippen LogP contribution in [0.25, 0.3) is 0 Å². The molecule has 2 N–H and O–H groups in total. The zero-order valence-electron chi connectivity index (χ0n) is 11.5. The maximum Gasteiger partial charge on any atom is 0.274 e. The van der Waals surface area contributed by atoms with E-state index in [1.54, 1.807) is 30.3 Å². The number of anilines is 1. The highest BCUT2D eigenvalue weighted by Gasteiger charge is 2.13. The van der Waals surface area contributed by atoms with Gasteiger partial charge in [0.2, 0.25) is 0 Å². The van der Waals surface area contributed by atoms with Crippen molar-refractivity contribution in [1.82, 2.24) is 0 Å². The number of benzene rings is 2. The summed E-state index contributed by atoms with van der Waals surface area (Å²) in [5.41, 5.74) is 1.94. The van der Waals surface area contributed by atoms with Crippen LogP contribution < -0.4 is 5.32 Å². The van der Waals surface area contributed by atoms with E-state index in [1.165, 1.54) is 6.07 Å². The Balaban J connectivity index is 2.21. The first kappa shape index (κ1) is 15.1. The fraction of sp³-hybridized carbons (Fsp3) is 0.200. The van der Waals surface area contributed by atoms with Crippen molar-refractivity contribution in [3.05, 3.63) is 62.7 Å². The summed E-state index contributed by atoms with van der Waals surface area (Å²) < 4.78 is 0. The third-order valence-electron chi connectivity index (χ3n) is 3.23. The molecule has 0 spiro atoms. The van der Waals surface area contributed by atoms with E-state index < -0.39 is 4.92 Å². The molecular weight excluding hydrogens is 292 g/mol. The summed E-state index contributed by atoms with van der Waals surface area (Å²) in [6.45, 7) is 2.16. The van der Waals surface area contributed by atoms with Crippen molar-refractivity contribution in [1.29, 1.82) is 0 Å². The standard InChI is InChI=1S/C15H15ClN2O3/c1-2-10-6-7-11(8-14(10)18(20)21)17-9-12-13(16)4-3-5-15(12)19/h3-8,17,19H,2,9H2,1H3. The van der Waals surface area contributed by atoms with Gasteiger partial charge in [0.15, 0.2) is 0 Å². The Labute approximate surface area is 127 Å². The molecule has 21 heavy (non-hydrogen) atoms. The topological polar surface area (TPSA) is 75.4 Å². The monoisotopic (exact) mass is 306 g/mol. The Morgan fingerprint density at radius 1 is 1.33 bits per heavy atom. The van der Waals surface area contributed by atoms with E-state index in [2.05, 4.69) is 5.32 Å². The van der Waals surface area contributed by atoms with Gasteiger partial charge in [0.1, 0.15) is 5.75 Å². The molecule has 110 valence electrons. The Morgan fingerprint density at radius 3 is 2.71 bits per heavy atom. The summed E-state index contributed by atoms with van der Waals surface area (Å²) >= 11 is 6.02. The van der Waals surface area contributed by atoms with Crippen molar-refractivity contribution in [2.24, 2.45) is 0 Å². The number of phenols is 1. The Morgan fingerprint density at radius 2 is 2.10 bits per heavy atom. The summed E-state index contributed by atoms with van der Waals surface area (Å²) in [4.78, 5) is 10.6. The molecule has 0 aliphatic heterocycles. The van der Waals surface area contributed by atoms with Crippen molar-refractivity contribution in [3.63, 3.8) is 0 Å². The number of halogens is 1. The number of nitrogens with one attached hydrogen (secondary N) is 1. The van der Waals surface area contributed by atoms with Crippen molar-refractivity contribution in [2.45, 2.75) is 19.9 Å². The maximum absolute atomic E-state index is 11.0. The number of rotatable bonds is 5. The van der Waals surface area contributed by atoms with Crippen LogP contribution in [0, 0.1) is 10.1 Å². The first-order valence-electron chi connectivity index (χ1n) is 6.50. The van der Waals surface area contributed by atoms with Crippen LogP contribution in [0.4, 0.5) is 11.4 Å². The van der Waals surface area contributed by atoms with Gasteiger partial charge in [0.05, 0.1) is 4.92 Å². The number of nitro groups is 1. The van der Waals surface area contributed by atoms with Gasteiger partial charge in [0, 0.05) is 34.4 Å². The highest BCUT2D eigenvalue weighted by atomic mass is 35.5. The van der Waals surface area contributed by atoms with Crippen LogP contribution in [0.5, 0.6) is 5.75 Å². The highest BCUT2D eigenvalue weighted by molar-refractivity contribution is 6.31. The summed E-state index contributed by atoms with van der Waals surface area (Å²) in [6, 6.07) is 9.88. The van der Waals surface area contributed by atoms with E-state index in [4.69, 9.17) is 11.6 Å². The minimum Gasteiger partial charge on any atom is -0.508 e. The quantitative estimate of drug-likeness (QED) is 0.643. The van der Waals surface area contributed by atoms with Crippen molar-refractivity contribution < 1.29 is 10.0 Å². The highest BCUT2D eigenvalue weighted by Crippen LogP contribution is 2.28. The van der Waals surface area contributed by atoms with Crippen molar-refractivity contribution in [2.75, 3.05) is 5.32 Å². The number of nitrogens with zero attached hydrogens (tertiary/aromatic N) is 1. The first-order valence-corrected chi connectivity index (χ1v) is 6.88. The van der Waals surface area contributed by atoms with Gasteiger partial charge in [-0.05, 0) is 24.6 Å². The molecule has 0 aromatic heterocycles. The molecule has 0 saturated carbocycles. The van der Waals surface area contributed by atoms with E-state index in [0.717, 1.165) is 0 Å². The molecule has 0 aliphatic carbocycles. The lowest BCUT2D eigenvalue weighted by Crippen LogP contribution is -2.02. The Bertz CT molecular complexity index is 654. The molecule has 2 aromatic rings. The van der Waals surface area contributed by atoms with Crippen LogP contribution >= 0.6 is 11.6 Å². The predicted octanol–water partition coefficient (Wildman–Crippen LogP) is 4.13. The second kappa shape index (κ2) is 6.45. The van der Waals surface area contributed by atoms with Gasteiger partial charge in [-0.15, -0.1) is 0 Å². The van der Waals surface area contributed by atoms with Crippen LogP contribution in [-0.2, 0) is 13.0 Å². The number of phenolic OH excluding ortho intramolecular Hbond substituents is 1. The van der Waals surface area contributed by atoms with E-state index in [0.29, 0.717) is 28.3 Å². The third-order valence-corrected chi connectivity index (χ3v) is 3.58.